The molecule has 54 valence electrons. The van der Waals surface area contributed by atoms with Gasteiger partial charge in [-0.2, -0.15) is 0 Å². The van der Waals surface area contributed by atoms with E-state index in [4.69, 9.17) is 11.6 Å². The molecule has 1 nitrogen and oxygen atoms in total. The maximum Gasteiger partial charge on any atom is 0.115 e. The quantitative estimate of drug-likeness (QED) is 0.627. The molecule has 0 unspecified atom stereocenters. The van der Waals surface area contributed by atoms with E-state index in [9.17, 15) is 0 Å². The average Bonchev–Trinajstić information content (AvgIpc) is 2.40. The Kier molecular flexibility index (Phi) is 2.90. The monoisotopic (exact) mass is 173 g/mol. The molecule has 0 saturated carbocycles. The summed E-state index contributed by atoms with van der Waals surface area (Å²) < 4.78 is 0. The van der Waals surface area contributed by atoms with E-state index < -0.39 is 0 Å². The number of hydrogen-bond acceptors (Lipinski definition) is 2. The molecule has 0 amide bonds. The molecule has 0 saturated heterocycles. The molecular weight excluding hydrogens is 166 g/mol. The molecule has 0 bridgehead atoms. The van der Waals surface area contributed by atoms with Crippen LogP contribution in [0.5, 0.6) is 0 Å². The zero-order chi connectivity index (χ0) is 7.40. The van der Waals surface area contributed by atoms with Gasteiger partial charge in [0.25, 0.3) is 0 Å². The van der Waals surface area contributed by atoms with Crippen molar-refractivity contribution < 1.29 is 0 Å². The Morgan fingerprint density at radius 3 is 3.20 bits per heavy atom. The lowest BCUT2D eigenvalue weighted by Gasteiger charge is -1.88. The SMILES string of the molecule is C/C(=C/c1nccs1)CCl. The maximum absolute atomic E-state index is 5.58. The highest BCUT2D eigenvalue weighted by molar-refractivity contribution is 7.10. The van der Waals surface area contributed by atoms with Gasteiger partial charge < -0.3 is 0 Å². The number of aromatic nitrogens is 1. The van der Waals surface area contributed by atoms with Crippen LogP contribution in [0, 0.1) is 0 Å². The van der Waals surface area contributed by atoms with Crippen LogP contribution >= 0.6 is 22.9 Å². The molecule has 0 fully saturated rings. The Labute approximate surface area is 69.4 Å². The maximum atomic E-state index is 5.58. The van der Waals surface area contributed by atoms with Crippen LogP contribution in [0.25, 0.3) is 6.08 Å². The van der Waals surface area contributed by atoms with E-state index in [1.54, 1.807) is 17.5 Å². The van der Waals surface area contributed by atoms with Gasteiger partial charge in [-0.1, -0.05) is 5.57 Å². The predicted octanol–water partition coefficient (Wildman–Crippen LogP) is 2.79. The summed E-state index contributed by atoms with van der Waals surface area (Å²) in [6, 6.07) is 0. The molecule has 0 aliphatic rings. The third-order valence-corrected chi connectivity index (χ3v) is 2.18. The summed E-state index contributed by atoms with van der Waals surface area (Å²) >= 11 is 7.20. The van der Waals surface area contributed by atoms with Crippen molar-refractivity contribution in [2.75, 3.05) is 5.88 Å². The van der Waals surface area contributed by atoms with E-state index >= 15 is 0 Å². The first-order chi connectivity index (χ1) is 4.83. The Bertz CT molecular complexity index is 216. The van der Waals surface area contributed by atoms with Crippen molar-refractivity contribution in [3.63, 3.8) is 0 Å². The second-order valence-corrected chi connectivity index (χ2v) is 3.19. The fraction of sp³-hybridized carbons (Fsp3) is 0.286. The van der Waals surface area contributed by atoms with Crippen LogP contribution in [0.3, 0.4) is 0 Å². The van der Waals surface area contributed by atoms with Gasteiger partial charge in [0.2, 0.25) is 0 Å². The first-order valence-electron chi connectivity index (χ1n) is 2.95. The predicted molar refractivity (Wildman–Crippen MR) is 46.5 cm³/mol. The summed E-state index contributed by atoms with van der Waals surface area (Å²) in [7, 11) is 0. The van der Waals surface area contributed by atoms with E-state index in [0.29, 0.717) is 5.88 Å². The van der Waals surface area contributed by atoms with Gasteiger partial charge in [-0.05, 0) is 13.0 Å². The highest BCUT2D eigenvalue weighted by Gasteiger charge is 1.89. The largest absolute Gasteiger partial charge is 0.245 e. The van der Waals surface area contributed by atoms with Crippen molar-refractivity contribution in [3.05, 3.63) is 22.2 Å². The first-order valence-corrected chi connectivity index (χ1v) is 4.37. The van der Waals surface area contributed by atoms with Crippen molar-refractivity contribution in [1.82, 2.24) is 4.98 Å². The topological polar surface area (TPSA) is 12.9 Å². The van der Waals surface area contributed by atoms with E-state index in [-0.39, 0.29) is 0 Å². The molecule has 1 aromatic rings. The average molecular weight is 174 g/mol. The molecule has 0 spiro atoms. The molecule has 0 aliphatic heterocycles. The zero-order valence-electron chi connectivity index (χ0n) is 5.67. The van der Waals surface area contributed by atoms with Crippen LogP contribution in [0.1, 0.15) is 11.9 Å². The van der Waals surface area contributed by atoms with E-state index in [1.807, 2.05) is 18.4 Å². The molecule has 0 N–H and O–H groups in total. The first kappa shape index (κ1) is 7.76. The molecule has 3 heteroatoms. The van der Waals surface area contributed by atoms with Gasteiger partial charge in [0.1, 0.15) is 5.01 Å². The van der Waals surface area contributed by atoms with Gasteiger partial charge >= 0.3 is 0 Å². The smallest absolute Gasteiger partial charge is 0.115 e. The Balaban J connectivity index is 2.71. The van der Waals surface area contributed by atoms with Crippen LogP contribution < -0.4 is 0 Å². The summed E-state index contributed by atoms with van der Waals surface area (Å²) in [6.07, 6.45) is 3.79. The van der Waals surface area contributed by atoms with Crippen molar-refractivity contribution >= 4 is 29.0 Å². The normalized spacial score (nSPS) is 12.0. The van der Waals surface area contributed by atoms with E-state index in [0.717, 1.165) is 10.6 Å². The van der Waals surface area contributed by atoms with Gasteiger partial charge in [0.15, 0.2) is 0 Å². The van der Waals surface area contributed by atoms with Crippen LogP contribution in [0.15, 0.2) is 17.2 Å². The number of halogens is 1. The summed E-state index contributed by atoms with van der Waals surface area (Å²) in [5.74, 6) is 0.583. The molecule has 1 rings (SSSR count). The fourth-order valence-corrected chi connectivity index (χ4v) is 1.28. The molecule has 0 aliphatic carbocycles. The lowest BCUT2D eigenvalue weighted by atomic mass is 10.3. The van der Waals surface area contributed by atoms with Crippen molar-refractivity contribution in [3.8, 4) is 0 Å². The molecule has 10 heavy (non-hydrogen) atoms. The van der Waals surface area contributed by atoms with Gasteiger partial charge in [0.05, 0.1) is 0 Å². The number of hydrogen-bond donors (Lipinski definition) is 0. The molecule has 0 atom stereocenters. The van der Waals surface area contributed by atoms with Crippen LogP contribution in [0.2, 0.25) is 0 Å². The van der Waals surface area contributed by atoms with Crippen molar-refractivity contribution in [1.29, 1.82) is 0 Å². The van der Waals surface area contributed by atoms with Crippen LogP contribution in [0.4, 0.5) is 0 Å². The summed E-state index contributed by atoms with van der Waals surface area (Å²) in [6.45, 7) is 1.99. The minimum atomic E-state index is 0.583. The van der Waals surface area contributed by atoms with Gasteiger partial charge in [-0.15, -0.1) is 22.9 Å². The summed E-state index contributed by atoms with van der Waals surface area (Å²) in [4.78, 5) is 4.09. The highest BCUT2D eigenvalue weighted by Crippen LogP contribution is 2.09. The summed E-state index contributed by atoms with van der Waals surface area (Å²) in [5.41, 5.74) is 1.15. The second-order valence-electron chi connectivity index (χ2n) is 1.99. The van der Waals surface area contributed by atoms with E-state index in [1.165, 1.54) is 0 Å². The lowest BCUT2D eigenvalue weighted by molar-refractivity contribution is 1.36. The third-order valence-electron chi connectivity index (χ3n) is 1.03. The van der Waals surface area contributed by atoms with Gasteiger partial charge in [0, 0.05) is 17.5 Å². The fourth-order valence-electron chi connectivity index (χ4n) is 0.555. The Morgan fingerprint density at radius 2 is 2.70 bits per heavy atom. The zero-order valence-corrected chi connectivity index (χ0v) is 7.25. The minimum absolute atomic E-state index is 0.583. The van der Waals surface area contributed by atoms with Crippen LogP contribution in [-0.2, 0) is 0 Å². The molecular formula is C7H8ClNS. The molecule has 1 aromatic heterocycles. The molecule has 1 heterocycles. The lowest BCUT2D eigenvalue weighted by Crippen LogP contribution is -1.75. The Morgan fingerprint density at radius 1 is 1.90 bits per heavy atom. The Hall–Kier alpha value is -0.340. The number of nitrogens with zero attached hydrogens (tertiary/aromatic N) is 1. The van der Waals surface area contributed by atoms with E-state index in [2.05, 4.69) is 4.98 Å². The minimum Gasteiger partial charge on any atom is -0.245 e. The molecule has 0 aromatic carbocycles. The highest BCUT2D eigenvalue weighted by atomic mass is 35.5. The third kappa shape index (κ3) is 2.12. The second kappa shape index (κ2) is 3.74. The number of thiazole rings is 1. The van der Waals surface area contributed by atoms with Gasteiger partial charge in [-0.25, -0.2) is 4.98 Å². The molecule has 0 radical (unpaired) electrons. The number of alkyl halides is 1. The van der Waals surface area contributed by atoms with Gasteiger partial charge in [-0.3, -0.25) is 0 Å². The van der Waals surface area contributed by atoms with Crippen LogP contribution in [-0.4, -0.2) is 10.9 Å². The number of allylic oxidation sites excluding steroid dienone is 1. The standard InChI is InChI=1S/C7H8ClNS/c1-6(5-8)4-7-9-2-3-10-7/h2-4H,5H2,1H3/b6-4-. The number of rotatable bonds is 2. The summed E-state index contributed by atoms with van der Waals surface area (Å²) in [5, 5.41) is 2.98. The van der Waals surface area contributed by atoms with Crippen molar-refractivity contribution in [2.24, 2.45) is 0 Å². The van der Waals surface area contributed by atoms with Crippen molar-refractivity contribution in [2.45, 2.75) is 6.92 Å².